The van der Waals surface area contributed by atoms with Gasteiger partial charge >= 0.3 is 0 Å². The highest BCUT2D eigenvalue weighted by molar-refractivity contribution is 7.92. The number of hydrogen-bond donors (Lipinski definition) is 1. The lowest BCUT2D eigenvalue weighted by atomic mass is 10.0. The lowest BCUT2D eigenvalue weighted by Gasteiger charge is -2.26. The molecule has 3 aromatic carbocycles. The fraction of sp³-hybridized carbons (Fsp3) is 0.269. The highest BCUT2D eigenvalue weighted by Crippen LogP contribution is 2.32. The summed E-state index contributed by atoms with van der Waals surface area (Å²) >= 11 is 0. The highest BCUT2D eigenvalue weighted by atomic mass is 32.2. The Labute approximate surface area is 210 Å². The standard InChI is InChI=1S/C26H29FN2O6S/c1-5-23(18-6-12-21(33-2)13-7-18)28-26(30)17-29(20-10-8-19(27)9-11-20)36(31,32)22-14-15-24(34-3)25(16-22)35-4/h6-16,23H,5,17H2,1-4H3,(H,28,30)/t23-/m1/s1. The number of carbonyl (C=O) groups excluding carboxylic acids is 1. The number of anilines is 1. The Kier molecular flexibility index (Phi) is 8.76. The van der Waals surface area contributed by atoms with Crippen LogP contribution in [0.5, 0.6) is 17.2 Å². The summed E-state index contributed by atoms with van der Waals surface area (Å²) in [5, 5.41) is 2.89. The van der Waals surface area contributed by atoms with E-state index < -0.39 is 28.3 Å². The first-order valence-electron chi connectivity index (χ1n) is 11.2. The third-order valence-electron chi connectivity index (χ3n) is 5.61. The molecule has 1 atom stereocenters. The molecule has 0 heterocycles. The molecule has 8 nitrogen and oxygen atoms in total. The van der Waals surface area contributed by atoms with E-state index in [2.05, 4.69) is 5.32 Å². The Balaban J connectivity index is 1.93. The van der Waals surface area contributed by atoms with E-state index >= 15 is 0 Å². The smallest absolute Gasteiger partial charge is 0.264 e. The molecule has 0 aliphatic carbocycles. The molecule has 1 N–H and O–H groups in total. The first-order valence-corrected chi connectivity index (χ1v) is 12.6. The number of ether oxygens (including phenoxy) is 3. The fourth-order valence-electron chi connectivity index (χ4n) is 3.65. The van der Waals surface area contributed by atoms with Crippen LogP contribution in [0.15, 0.2) is 71.6 Å². The van der Waals surface area contributed by atoms with E-state index in [0.717, 1.165) is 22.0 Å². The van der Waals surface area contributed by atoms with Gasteiger partial charge in [0.05, 0.1) is 38.0 Å². The van der Waals surface area contributed by atoms with Gasteiger partial charge in [0.1, 0.15) is 18.1 Å². The predicted octanol–water partition coefficient (Wildman–Crippen LogP) is 4.31. The lowest BCUT2D eigenvalue weighted by molar-refractivity contribution is -0.120. The molecule has 0 aliphatic heterocycles. The number of amides is 1. The molecule has 0 spiro atoms. The zero-order valence-corrected chi connectivity index (χ0v) is 21.3. The van der Waals surface area contributed by atoms with Crippen molar-refractivity contribution in [2.24, 2.45) is 0 Å². The van der Waals surface area contributed by atoms with Crippen LogP contribution in [0.4, 0.5) is 10.1 Å². The maximum Gasteiger partial charge on any atom is 0.264 e. The van der Waals surface area contributed by atoms with E-state index in [4.69, 9.17) is 14.2 Å². The molecule has 0 saturated carbocycles. The summed E-state index contributed by atoms with van der Waals surface area (Å²) in [6.45, 7) is 1.39. The molecule has 10 heteroatoms. The third-order valence-corrected chi connectivity index (χ3v) is 7.38. The van der Waals surface area contributed by atoms with Gasteiger partial charge in [-0.2, -0.15) is 0 Å². The van der Waals surface area contributed by atoms with Crippen LogP contribution in [0.2, 0.25) is 0 Å². The molecule has 36 heavy (non-hydrogen) atoms. The molecule has 0 bridgehead atoms. The van der Waals surface area contributed by atoms with Crippen molar-refractivity contribution in [3.63, 3.8) is 0 Å². The predicted molar refractivity (Wildman–Crippen MR) is 135 cm³/mol. The number of carbonyl (C=O) groups is 1. The minimum atomic E-state index is -4.24. The van der Waals surface area contributed by atoms with E-state index in [1.807, 2.05) is 19.1 Å². The minimum absolute atomic E-state index is 0.112. The zero-order valence-electron chi connectivity index (χ0n) is 20.5. The third kappa shape index (κ3) is 6.06. The summed E-state index contributed by atoms with van der Waals surface area (Å²) in [6, 6.07) is 15.9. The number of benzene rings is 3. The SMILES string of the molecule is CC[C@@H](NC(=O)CN(c1ccc(F)cc1)S(=O)(=O)c1ccc(OC)c(OC)c1)c1ccc(OC)cc1. The normalized spacial score (nSPS) is 11.9. The van der Waals surface area contributed by atoms with E-state index in [0.29, 0.717) is 17.9 Å². The fourth-order valence-corrected chi connectivity index (χ4v) is 5.09. The topological polar surface area (TPSA) is 94.2 Å². The molecule has 3 aromatic rings. The number of nitrogens with one attached hydrogen (secondary N) is 1. The summed E-state index contributed by atoms with van der Waals surface area (Å²) in [5.74, 6) is 0.201. The van der Waals surface area contributed by atoms with Crippen LogP contribution in [0, 0.1) is 5.82 Å². The number of methoxy groups -OCH3 is 3. The monoisotopic (exact) mass is 516 g/mol. The Bertz CT molecular complexity index is 1280. The van der Waals surface area contributed by atoms with Crippen molar-refractivity contribution in [1.82, 2.24) is 5.32 Å². The number of nitrogens with zero attached hydrogens (tertiary/aromatic N) is 1. The van der Waals surface area contributed by atoms with Gasteiger partial charge < -0.3 is 19.5 Å². The lowest BCUT2D eigenvalue weighted by Crippen LogP contribution is -2.42. The molecule has 0 fully saturated rings. The van der Waals surface area contributed by atoms with E-state index in [1.54, 1.807) is 19.2 Å². The van der Waals surface area contributed by atoms with Gasteiger partial charge in [0.15, 0.2) is 11.5 Å². The summed E-state index contributed by atoms with van der Waals surface area (Å²) in [6.07, 6.45) is 0.580. The van der Waals surface area contributed by atoms with Crippen LogP contribution in [0.25, 0.3) is 0 Å². The van der Waals surface area contributed by atoms with Crippen molar-refractivity contribution >= 4 is 21.6 Å². The second-order valence-corrected chi connectivity index (χ2v) is 9.67. The number of sulfonamides is 1. The highest BCUT2D eigenvalue weighted by Gasteiger charge is 2.29. The van der Waals surface area contributed by atoms with Gasteiger partial charge in [-0.05, 0) is 60.5 Å². The van der Waals surface area contributed by atoms with Crippen LogP contribution < -0.4 is 23.8 Å². The Morgan fingerprint density at radius 1 is 0.917 bits per heavy atom. The van der Waals surface area contributed by atoms with Crippen molar-refractivity contribution in [3.8, 4) is 17.2 Å². The van der Waals surface area contributed by atoms with Crippen LogP contribution in [-0.2, 0) is 14.8 Å². The summed E-state index contributed by atoms with van der Waals surface area (Å²) in [4.78, 5) is 13.0. The summed E-state index contributed by atoms with van der Waals surface area (Å²) in [5.41, 5.74) is 0.988. The van der Waals surface area contributed by atoms with Crippen LogP contribution >= 0.6 is 0 Å². The van der Waals surface area contributed by atoms with Crippen molar-refractivity contribution in [2.75, 3.05) is 32.2 Å². The quantitative estimate of drug-likeness (QED) is 0.408. The Morgan fingerprint density at radius 3 is 2.11 bits per heavy atom. The van der Waals surface area contributed by atoms with E-state index in [-0.39, 0.29) is 22.4 Å². The number of halogens is 1. The maximum absolute atomic E-state index is 13.7. The summed E-state index contributed by atoms with van der Waals surface area (Å²) in [7, 11) is 0.160. The van der Waals surface area contributed by atoms with E-state index in [1.165, 1.54) is 44.6 Å². The second kappa shape index (κ2) is 11.8. The Hall–Kier alpha value is -3.79. The van der Waals surface area contributed by atoms with Gasteiger partial charge in [-0.25, -0.2) is 12.8 Å². The second-order valence-electron chi connectivity index (χ2n) is 7.81. The van der Waals surface area contributed by atoms with Crippen LogP contribution in [0.3, 0.4) is 0 Å². The van der Waals surface area contributed by atoms with Gasteiger partial charge in [0.25, 0.3) is 10.0 Å². The molecule has 1 amide bonds. The number of hydrogen-bond acceptors (Lipinski definition) is 6. The molecular formula is C26H29FN2O6S. The Morgan fingerprint density at radius 2 is 1.56 bits per heavy atom. The largest absolute Gasteiger partial charge is 0.497 e. The van der Waals surface area contributed by atoms with Gasteiger partial charge in [-0.15, -0.1) is 0 Å². The molecular weight excluding hydrogens is 487 g/mol. The average Bonchev–Trinajstić information content (AvgIpc) is 2.90. The van der Waals surface area contributed by atoms with Gasteiger partial charge in [0, 0.05) is 6.07 Å². The zero-order chi connectivity index (χ0) is 26.3. The molecule has 0 radical (unpaired) electrons. The molecule has 0 unspecified atom stereocenters. The molecule has 0 saturated heterocycles. The van der Waals surface area contributed by atoms with Gasteiger partial charge in [-0.3, -0.25) is 9.10 Å². The van der Waals surface area contributed by atoms with Crippen molar-refractivity contribution < 1.29 is 31.8 Å². The van der Waals surface area contributed by atoms with Gasteiger partial charge in [-0.1, -0.05) is 19.1 Å². The first kappa shape index (κ1) is 26.8. The van der Waals surface area contributed by atoms with Crippen molar-refractivity contribution in [3.05, 3.63) is 78.1 Å². The maximum atomic E-state index is 13.7. The van der Waals surface area contributed by atoms with Gasteiger partial charge in [0.2, 0.25) is 5.91 Å². The molecule has 0 aliphatic rings. The van der Waals surface area contributed by atoms with Crippen molar-refractivity contribution in [2.45, 2.75) is 24.3 Å². The minimum Gasteiger partial charge on any atom is -0.497 e. The molecule has 3 rings (SSSR count). The van der Waals surface area contributed by atoms with Crippen LogP contribution in [0.1, 0.15) is 24.9 Å². The summed E-state index contributed by atoms with van der Waals surface area (Å²) < 4.78 is 57.5. The average molecular weight is 517 g/mol. The molecule has 192 valence electrons. The van der Waals surface area contributed by atoms with Crippen molar-refractivity contribution in [1.29, 1.82) is 0 Å². The first-order chi connectivity index (χ1) is 17.2. The van der Waals surface area contributed by atoms with E-state index in [9.17, 15) is 17.6 Å². The number of rotatable bonds is 11. The molecule has 0 aromatic heterocycles. The van der Waals surface area contributed by atoms with Crippen LogP contribution in [-0.4, -0.2) is 42.2 Å².